The van der Waals surface area contributed by atoms with Gasteiger partial charge < -0.3 is 14.6 Å². The van der Waals surface area contributed by atoms with Gasteiger partial charge in [-0.05, 0) is 6.42 Å². The van der Waals surface area contributed by atoms with Crippen LogP contribution < -0.4 is 0 Å². The third-order valence-corrected chi connectivity index (χ3v) is 3.66. The van der Waals surface area contributed by atoms with Crippen LogP contribution in [-0.4, -0.2) is 49.7 Å². The summed E-state index contributed by atoms with van der Waals surface area (Å²) in [7, 11) is 3.69. The lowest BCUT2D eigenvalue weighted by molar-refractivity contribution is -0.0700. The molecule has 0 saturated carbocycles. The predicted molar refractivity (Wildman–Crippen MR) is 61.6 cm³/mol. The number of rotatable bonds is 4. The molecule has 1 saturated heterocycles. The van der Waals surface area contributed by atoms with Crippen molar-refractivity contribution in [2.45, 2.75) is 31.1 Å². The average molecular weight is 265 g/mol. The number of halogens is 1. The number of ether oxygens (including phenoxy) is 2. The largest absolute Gasteiger partial charge is 0.393 e. The van der Waals surface area contributed by atoms with Gasteiger partial charge in [-0.3, -0.25) is 0 Å². The standard InChI is InChI=1S/C9H18BBrO3/c1-6-7(13-2)8(10)14-9(6,5-12)3-4-11/h6-8,12H,3-5,10H2,1-2H3/t6-,7?,8-,9-/m1/s1. The van der Waals surface area contributed by atoms with Gasteiger partial charge in [-0.2, -0.15) is 0 Å². The molecule has 4 atom stereocenters. The fourth-order valence-corrected chi connectivity index (χ4v) is 3.02. The highest BCUT2D eigenvalue weighted by Gasteiger charge is 2.50. The summed E-state index contributed by atoms with van der Waals surface area (Å²) in [5.74, 6) is 0.227. The van der Waals surface area contributed by atoms with Gasteiger partial charge in [0.15, 0.2) is 0 Å². The van der Waals surface area contributed by atoms with E-state index in [1.165, 1.54) is 0 Å². The molecular weight excluding hydrogens is 247 g/mol. The van der Waals surface area contributed by atoms with Crippen molar-refractivity contribution in [2.75, 3.05) is 19.0 Å². The van der Waals surface area contributed by atoms with Crippen LogP contribution in [0.4, 0.5) is 0 Å². The van der Waals surface area contributed by atoms with Gasteiger partial charge in [-0.1, -0.05) is 22.9 Å². The van der Waals surface area contributed by atoms with Gasteiger partial charge in [0.25, 0.3) is 0 Å². The number of hydrogen-bond acceptors (Lipinski definition) is 3. The number of aliphatic hydroxyl groups excluding tert-OH is 1. The van der Waals surface area contributed by atoms with E-state index in [0.717, 1.165) is 11.8 Å². The number of aliphatic hydroxyl groups is 1. The zero-order valence-corrected chi connectivity index (χ0v) is 10.6. The van der Waals surface area contributed by atoms with Gasteiger partial charge in [0.05, 0.1) is 24.3 Å². The van der Waals surface area contributed by atoms with E-state index in [4.69, 9.17) is 9.47 Å². The maximum absolute atomic E-state index is 9.45. The van der Waals surface area contributed by atoms with E-state index < -0.39 is 5.60 Å². The first kappa shape index (κ1) is 12.5. The van der Waals surface area contributed by atoms with E-state index in [2.05, 4.69) is 22.9 Å². The number of hydrogen-bond donors (Lipinski definition) is 1. The molecule has 1 fully saturated rings. The molecule has 0 radical (unpaired) electrons. The van der Waals surface area contributed by atoms with Crippen molar-refractivity contribution < 1.29 is 14.6 Å². The Morgan fingerprint density at radius 2 is 2.29 bits per heavy atom. The van der Waals surface area contributed by atoms with E-state index in [9.17, 15) is 5.11 Å². The minimum Gasteiger partial charge on any atom is -0.393 e. The Morgan fingerprint density at radius 3 is 2.64 bits per heavy atom. The van der Waals surface area contributed by atoms with Crippen LogP contribution >= 0.6 is 15.9 Å². The third kappa shape index (κ3) is 2.01. The Bertz CT molecular complexity index is 193. The maximum atomic E-state index is 9.45. The molecule has 1 aliphatic rings. The Balaban J connectivity index is 2.79. The van der Waals surface area contributed by atoms with Gasteiger partial charge in [0.1, 0.15) is 7.85 Å². The summed E-state index contributed by atoms with van der Waals surface area (Å²) in [4.78, 5) is 0. The number of alkyl halides is 1. The molecule has 1 rings (SSSR count). The van der Waals surface area contributed by atoms with E-state index in [0.29, 0.717) is 0 Å². The smallest absolute Gasteiger partial charge is 0.142 e. The molecular formula is C9H18BBrO3. The van der Waals surface area contributed by atoms with Crippen LogP contribution in [0.2, 0.25) is 0 Å². The van der Waals surface area contributed by atoms with E-state index >= 15 is 0 Å². The predicted octanol–water partition coefficient (Wildman–Crippen LogP) is 0.143. The molecule has 14 heavy (non-hydrogen) atoms. The highest BCUT2D eigenvalue weighted by molar-refractivity contribution is 9.09. The molecule has 0 spiro atoms. The van der Waals surface area contributed by atoms with Gasteiger partial charge in [0, 0.05) is 18.4 Å². The molecule has 1 N–H and O–H groups in total. The van der Waals surface area contributed by atoms with Crippen LogP contribution in [0, 0.1) is 5.92 Å². The fraction of sp³-hybridized carbons (Fsp3) is 1.00. The molecule has 0 aromatic rings. The monoisotopic (exact) mass is 264 g/mol. The minimum atomic E-state index is -0.427. The normalized spacial score (nSPS) is 43.0. The first-order chi connectivity index (χ1) is 6.61. The van der Waals surface area contributed by atoms with Crippen LogP contribution in [0.25, 0.3) is 0 Å². The lowest BCUT2D eigenvalue weighted by Gasteiger charge is -2.31. The van der Waals surface area contributed by atoms with Gasteiger partial charge in [-0.15, -0.1) is 0 Å². The second kappa shape index (κ2) is 4.97. The molecule has 82 valence electrons. The fourth-order valence-electron chi connectivity index (χ4n) is 2.35. The highest BCUT2D eigenvalue weighted by Crippen LogP contribution is 2.39. The Morgan fingerprint density at radius 1 is 1.64 bits per heavy atom. The van der Waals surface area contributed by atoms with Crippen molar-refractivity contribution in [2.24, 2.45) is 5.92 Å². The van der Waals surface area contributed by atoms with Crippen molar-refractivity contribution in [1.29, 1.82) is 0 Å². The molecule has 0 aliphatic carbocycles. The van der Waals surface area contributed by atoms with Crippen LogP contribution in [0.5, 0.6) is 0 Å². The lowest BCUT2D eigenvalue weighted by Crippen LogP contribution is -2.41. The summed E-state index contributed by atoms with van der Waals surface area (Å²) in [5.41, 5.74) is -0.427. The molecule has 5 heteroatoms. The van der Waals surface area contributed by atoms with Crippen molar-refractivity contribution in [1.82, 2.24) is 0 Å². The summed E-state index contributed by atoms with van der Waals surface area (Å²) < 4.78 is 11.2. The second-order valence-electron chi connectivity index (χ2n) is 3.97. The van der Waals surface area contributed by atoms with Crippen LogP contribution in [0.15, 0.2) is 0 Å². The topological polar surface area (TPSA) is 38.7 Å². The molecule has 1 heterocycles. The summed E-state index contributed by atoms with van der Waals surface area (Å²) in [5, 5.41) is 10.3. The van der Waals surface area contributed by atoms with Gasteiger partial charge >= 0.3 is 0 Å². The molecule has 0 aromatic heterocycles. The van der Waals surface area contributed by atoms with Crippen LogP contribution in [0.1, 0.15) is 13.3 Å². The Kier molecular flexibility index (Phi) is 4.43. The summed E-state index contributed by atoms with van der Waals surface area (Å²) in [6.07, 6.45) is 0.899. The van der Waals surface area contributed by atoms with Crippen molar-refractivity contribution in [3.05, 3.63) is 0 Å². The van der Waals surface area contributed by atoms with Crippen molar-refractivity contribution in [3.8, 4) is 0 Å². The van der Waals surface area contributed by atoms with E-state index in [1.807, 2.05) is 7.85 Å². The van der Waals surface area contributed by atoms with Crippen molar-refractivity contribution >= 4 is 23.8 Å². The first-order valence-electron chi connectivity index (χ1n) is 4.98. The van der Waals surface area contributed by atoms with Gasteiger partial charge in [0.2, 0.25) is 0 Å². The molecule has 1 unspecified atom stereocenters. The summed E-state index contributed by atoms with van der Waals surface area (Å²) in [6, 6.07) is 0.0567. The Labute approximate surface area is 94.7 Å². The van der Waals surface area contributed by atoms with Crippen LogP contribution in [0.3, 0.4) is 0 Å². The minimum absolute atomic E-state index is 0.0567. The average Bonchev–Trinajstić information content (AvgIpc) is 2.40. The van der Waals surface area contributed by atoms with Crippen molar-refractivity contribution in [3.63, 3.8) is 0 Å². The van der Waals surface area contributed by atoms with Crippen LogP contribution in [-0.2, 0) is 9.47 Å². The molecule has 1 aliphatic heterocycles. The van der Waals surface area contributed by atoms with Gasteiger partial charge in [-0.25, -0.2) is 0 Å². The highest BCUT2D eigenvalue weighted by atomic mass is 79.9. The maximum Gasteiger partial charge on any atom is 0.142 e. The van der Waals surface area contributed by atoms with E-state index in [1.54, 1.807) is 7.11 Å². The zero-order valence-electron chi connectivity index (χ0n) is 9.00. The summed E-state index contributed by atoms with van der Waals surface area (Å²) in [6.45, 7) is 2.14. The molecule has 0 amide bonds. The zero-order chi connectivity index (χ0) is 10.8. The third-order valence-electron chi connectivity index (χ3n) is 3.26. The number of methoxy groups -OCH3 is 1. The second-order valence-corrected chi connectivity index (χ2v) is 4.77. The first-order valence-corrected chi connectivity index (χ1v) is 6.11. The quantitative estimate of drug-likeness (QED) is 0.580. The molecule has 0 aromatic carbocycles. The SMILES string of the molecule is B[C@@H]1O[C@@](CO)(CCBr)[C@H](C)C1OC. The molecule has 0 bridgehead atoms. The summed E-state index contributed by atoms with van der Waals surface area (Å²) >= 11 is 3.39. The lowest BCUT2D eigenvalue weighted by atomic mass is 9.82. The Hall–Kier alpha value is 0.425. The van der Waals surface area contributed by atoms with E-state index in [-0.39, 0.29) is 24.6 Å². The molecule has 3 nitrogen and oxygen atoms in total.